The molecule has 0 aliphatic rings. The molecule has 0 bridgehead atoms. The molecule has 0 saturated heterocycles. The summed E-state index contributed by atoms with van der Waals surface area (Å²) in [5.74, 6) is 0.946. The molecule has 1 atom stereocenters. The molecule has 0 aliphatic heterocycles. The van der Waals surface area contributed by atoms with Gasteiger partial charge in [0.25, 0.3) is 0 Å². The first-order chi connectivity index (χ1) is 8.27. The Hall–Kier alpha value is -0.760. The molecule has 2 nitrogen and oxygen atoms in total. The fourth-order valence-corrected chi connectivity index (χ4v) is 2.13. The van der Waals surface area contributed by atoms with Crippen molar-refractivity contribution in [2.75, 3.05) is 7.11 Å². The van der Waals surface area contributed by atoms with Crippen molar-refractivity contribution < 1.29 is 4.74 Å². The molecule has 3 heteroatoms. The van der Waals surface area contributed by atoms with E-state index in [-0.39, 0.29) is 10.8 Å². The Bertz CT molecular complexity index is 410. The van der Waals surface area contributed by atoms with Crippen LogP contribution >= 0.6 is 11.6 Å². The molecule has 0 aromatic carbocycles. The van der Waals surface area contributed by atoms with Gasteiger partial charge in [-0.3, -0.25) is 4.98 Å². The molecule has 0 spiro atoms. The molecule has 0 aliphatic carbocycles. The highest BCUT2D eigenvalue weighted by atomic mass is 35.5. The zero-order valence-corrected chi connectivity index (χ0v) is 13.1. The van der Waals surface area contributed by atoms with E-state index in [2.05, 4.69) is 32.7 Å². The van der Waals surface area contributed by atoms with Gasteiger partial charge in [0.15, 0.2) is 0 Å². The van der Waals surface area contributed by atoms with Crippen molar-refractivity contribution in [3.63, 3.8) is 0 Å². The van der Waals surface area contributed by atoms with Crippen LogP contribution in [-0.4, -0.2) is 17.5 Å². The first-order valence-corrected chi connectivity index (χ1v) is 6.84. The van der Waals surface area contributed by atoms with Crippen LogP contribution in [0.25, 0.3) is 0 Å². The Balaban J connectivity index is 2.81. The maximum Gasteiger partial charge on any atom is 0.128 e. The summed E-state index contributed by atoms with van der Waals surface area (Å²) in [4.78, 5) is 4.50. The van der Waals surface area contributed by atoms with Crippen molar-refractivity contribution in [2.45, 2.75) is 52.8 Å². The lowest BCUT2D eigenvalue weighted by molar-refractivity contribution is 0.372. The van der Waals surface area contributed by atoms with E-state index < -0.39 is 0 Å². The van der Waals surface area contributed by atoms with Crippen molar-refractivity contribution in [3.05, 3.63) is 23.0 Å². The van der Waals surface area contributed by atoms with E-state index in [0.29, 0.717) is 0 Å². The fraction of sp³-hybridized carbons (Fsp3) is 0.667. The average molecular weight is 270 g/mol. The van der Waals surface area contributed by atoms with Crippen LogP contribution < -0.4 is 4.74 Å². The molecule has 0 N–H and O–H groups in total. The van der Waals surface area contributed by atoms with Gasteiger partial charge in [-0.1, -0.05) is 20.8 Å². The molecule has 1 aromatic rings. The zero-order valence-electron chi connectivity index (χ0n) is 12.3. The number of nitrogens with zero attached hydrogens (tertiary/aromatic N) is 1. The number of hydrogen-bond acceptors (Lipinski definition) is 2. The largest absolute Gasteiger partial charge is 0.496 e. The smallest absolute Gasteiger partial charge is 0.128 e. The minimum absolute atomic E-state index is 0.129. The average Bonchev–Trinajstić information content (AvgIpc) is 2.27. The molecule has 1 rings (SSSR count). The number of pyridine rings is 1. The summed E-state index contributed by atoms with van der Waals surface area (Å²) >= 11 is 6.41. The predicted molar refractivity (Wildman–Crippen MR) is 77.7 cm³/mol. The van der Waals surface area contributed by atoms with Gasteiger partial charge in [-0.2, -0.15) is 0 Å². The summed E-state index contributed by atoms with van der Waals surface area (Å²) in [6.07, 6.45) is 3.71. The van der Waals surface area contributed by atoms with E-state index in [9.17, 15) is 0 Å². The molecule has 102 valence electrons. The number of aryl methyl sites for hydroxylation is 2. The maximum absolute atomic E-state index is 6.41. The second-order valence-electron chi connectivity index (χ2n) is 5.92. The first kappa shape index (κ1) is 15.3. The maximum atomic E-state index is 6.41. The van der Waals surface area contributed by atoms with E-state index >= 15 is 0 Å². The highest BCUT2D eigenvalue weighted by Crippen LogP contribution is 2.30. The topological polar surface area (TPSA) is 22.1 Å². The normalized spacial score (nSPS) is 13.5. The Morgan fingerprint density at radius 3 is 2.44 bits per heavy atom. The number of halogens is 1. The van der Waals surface area contributed by atoms with Gasteiger partial charge >= 0.3 is 0 Å². The molecule has 0 radical (unpaired) electrons. The van der Waals surface area contributed by atoms with Gasteiger partial charge in [-0.15, -0.1) is 11.6 Å². The lowest BCUT2D eigenvalue weighted by Gasteiger charge is -2.25. The van der Waals surface area contributed by atoms with Crippen molar-refractivity contribution in [2.24, 2.45) is 5.41 Å². The molecular formula is C15H24ClNO. The monoisotopic (exact) mass is 269 g/mol. The summed E-state index contributed by atoms with van der Waals surface area (Å²) in [6, 6.07) is 0. The fourth-order valence-electron chi connectivity index (χ4n) is 2.02. The third-order valence-corrected chi connectivity index (χ3v) is 4.20. The van der Waals surface area contributed by atoms with Crippen LogP contribution in [0.3, 0.4) is 0 Å². The number of ether oxygens (including phenoxy) is 1. The van der Waals surface area contributed by atoms with Gasteiger partial charge in [-0.05, 0) is 32.1 Å². The third-order valence-electron chi connectivity index (χ3n) is 3.32. The summed E-state index contributed by atoms with van der Waals surface area (Å²) in [6.45, 7) is 10.6. The minimum Gasteiger partial charge on any atom is -0.496 e. The Morgan fingerprint density at radius 1 is 1.33 bits per heavy atom. The zero-order chi connectivity index (χ0) is 13.9. The summed E-state index contributed by atoms with van der Waals surface area (Å²) in [5.41, 5.74) is 3.43. The van der Waals surface area contributed by atoms with Gasteiger partial charge in [0.2, 0.25) is 0 Å². The molecule has 1 heterocycles. The van der Waals surface area contributed by atoms with Gasteiger partial charge in [0, 0.05) is 28.4 Å². The molecule has 0 fully saturated rings. The van der Waals surface area contributed by atoms with E-state index in [0.717, 1.165) is 35.4 Å². The number of methoxy groups -OCH3 is 1. The number of rotatable bonds is 4. The van der Waals surface area contributed by atoms with Crippen molar-refractivity contribution in [1.29, 1.82) is 0 Å². The Kier molecular flexibility index (Phi) is 5.03. The number of aromatic nitrogens is 1. The molecular weight excluding hydrogens is 246 g/mol. The highest BCUT2D eigenvalue weighted by Gasteiger charge is 2.22. The molecule has 1 unspecified atom stereocenters. The first-order valence-electron chi connectivity index (χ1n) is 6.40. The van der Waals surface area contributed by atoms with E-state index in [1.165, 1.54) is 0 Å². The van der Waals surface area contributed by atoms with Crippen LogP contribution in [-0.2, 0) is 6.42 Å². The number of hydrogen-bond donors (Lipinski definition) is 0. The Labute approximate surface area is 116 Å². The molecule has 1 aromatic heterocycles. The van der Waals surface area contributed by atoms with Crippen LogP contribution in [0.5, 0.6) is 5.75 Å². The van der Waals surface area contributed by atoms with Crippen LogP contribution in [0.4, 0.5) is 0 Å². The van der Waals surface area contributed by atoms with Crippen LogP contribution in [0, 0.1) is 19.3 Å². The van der Waals surface area contributed by atoms with Crippen LogP contribution in [0.1, 0.15) is 44.0 Å². The molecule has 0 saturated carbocycles. The summed E-state index contributed by atoms with van der Waals surface area (Å²) in [5, 5.41) is 0.158. The minimum atomic E-state index is 0.129. The second kappa shape index (κ2) is 5.92. The molecule has 18 heavy (non-hydrogen) atoms. The van der Waals surface area contributed by atoms with Gasteiger partial charge in [-0.25, -0.2) is 0 Å². The molecule has 0 amide bonds. The van der Waals surface area contributed by atoms with E-state index in [1.807, 2.05) is 13.1 Å². The summed E-state index contributed by atoms with van der Waals surface area (Å²) in [7, 11) is 1.71. The summed E-state index contributed by atoms with van der Waals surface area (Å²) < 4.78 is 5.42. The van der Waals surface area contributed by atoms with Gasteiger partial charge < -0.3 is 4.74 Å². The quantitative estimate of drug-likeness (QED) is 0.761. The van der Waals surface area contributed by atoms with Crippen molar-refractivity contribution >= 4 is 11.6 Å². The predicted octanol–water partition coefficient (Wildman–Crippen LogP) is 4.29. The van der Waals surface area contributed by atoms with E-state index in [1.54, 1.807) is 7.11 Å². The van der Waals surface area contributed by atoms with E-state index in [4.69, 9.17) is 16.3 Å². The van der Waals surface area contributed by atoms with Crippen molar-refractivity contribution in [1.82, 2.24) is 4.98 Å². The SMILES string of the molecule is COc1c(C)cnc(CCC(Cl)C(C)(C)C)c1C. The highest BCUT2D eigenvalue weighted by molar-refractivity contribution is 6.21. The van der Waals surface area contributed by atoms with Crippen LogP contribution in [0.15, 0.2) is 6.20 Å². The standard InChI is InChI=1S/C15H24ClNO/c1-10-9-17-12(11(2)14(10)18-6)7-8-13(16)15(3,4)5/h9,13H,7-8H2,1-6H3. The Morgan fingerprint density at radius 2 is 1.94 bits per heavy atom. The lowest BCUT2D eigenvalue weighted by Crippen LogP contribution is -2.21. The van der Waals surface area contributed by atoms with Crippen molar-refractivity contribution in [3.8, 4) is 5.75 Å². The number of alkyl halides is 1. The third kappa shape index (κ3) is 3.61. The van der Waals surface area contributed by atoms with Gasteiger partial charge in [0.05, 0.1) is 7.11 Å². The second-order valence-corrected chi connectivity index (χ2v) is 6.45. The lowest BCUT2D eigenvalue weighted by atomic mass is 9.88. The van der Waals surface area contributed by atoms with Gasteiger partial charge in [0.1, 0.15) is 5.75 Å². The van der Waals surface area contributed by atoms with Crippen LogP contribution in [0.2, 0.25) is 0 Å².